The number of hydrogen-bond acceptors (Lipinski definition) is 1. The van der Waals surface area contributed by atoms with Gasteiger partial charge in [0, 0.05) is 16.4 Å². The zero-order valence-electron chi connectivity index (χ0n) is 12.8. The summed E-state index contributed by atoms with van der Waals surface area (Å²) in [4.78, 5) is 4.54. The lowest BCUT2D eigenvalue weighted by Gasteiger charge is -2.34. The van der Waals surface area contributed by atoms with E-state index in [0.29, 0.717) is 0 Å². The predicted octanol–water partition coefficient (Wildman–Crippen LogP) is 5.87. The maximum atomic E-state index is 9.12. The van der Waals surface area contributed by atoms with Crippen LogP contribution in [-0.4, -0.2) is 11.7 Å². The number of fused-ring (bicyclic) bond motifs is 2. The van der Waals surface area contributed by atoms with Gasteiger partial charge in [0.2, 0.25) is 0 Å². The number of aliphatic hydroxyl groups excluding tert-OH is 1. The van der Waals surface area contributed by atoms with Crippen molar-refractivity contribution in [2.45, 2.75) is 29.1 Å². The molecule has 1 aliphatic carbocycles. The van der Waals surface area contributed by atoms with Crippen molar-refractivity contribution in [3.05, 3.63) is 76.7 Å². The number of halogens is 1. The van der Waals surface area contributed by atoms with Gasteiger partial charge < -0.3 is 5.11 Å². The zero-order valence-corrected chi connectivity index (χ0v) is 15.8. The molecule has 1 atom stereocenters. The van der Waals surface area contributed by atoms with Gasteiger partial charge in [-0.15, -0.1) is 7.20 Å². The maximum absolute atomic E-state index is 9.12. The van der Waals surface area contributed by atoms with Crippen molar-refractivity contribution in [1.29, 1.82) is 0 Å². The summed E-state index contributed by atoms with van der Waals surface area (Å²) in [5.74, 6) is 0. The van der Waals surface area contributed by atoms with Gasteiger partial charge >= 0.3 is 0 Å². The van der Waals surface area contributed by atoms with Gasteiger partial charge in [0.1, 0.15) is 0 Å². The SMILES string of the molecule is OCCc1ccc(S2(I)C3=C(C=CCC3)c3ccccc32)cc1. The fraction of sp³-hybridized carbons (Fsp3) is 0.200. The molecule has 23 heavy (non-hydrogen) atoms. The van der Waals surface area contributed by atoms with Crippen molar-refractivity contribution < 1.29 is 5.11 Å². The molecule has 1 N–H and O–H groups in total. The Morgan fingerprint density at radius 1 is 1.04 bits per heavy atom. The molecule has 0 saturated carbocycles. The van der Waals surface area contributed by atoms with Crippen LogP contribution in [0.15, 0.2) is 75.4 Å². The second kappa shape index (κ2) is 6.11. The van der Waals surface area contributed by atoms with Gasteiger partial charge in [-0.2, -0.15) is 0 Å². The fourth-order valence-electron chi connectivity index (χ4n) is 3.48. The highest BCUT2D eigenvalue weighted by Crippen LogP contribution is 2.80. The standard InChI is InChI=1S/C20H19IOS/c21-23(16-11-9-15(10-12-16)13-14-22)19-7-3-1-5-17(19)18-6-2-4-8-20(18)23/h1-3,5-7,9-12,22H,4,8,13-14H2. The first-order valence-corrected chi connectivity index (χ1v) is 12.1. The van der Waals surface area contributed by atoms with Crippen molar-refractivity contribution in [3.63, 3.8) is 0 Å². The Morgan fingerprint density at radius 2 is 1.83 bits per heavy atom. The molecule has 4 rings (SSSR count). The molecule has 0 saturated heterocycles. The Balaban J connectivity index is 1.88. The number of aliphatic hydroxyl groups is 1. The van der Waals surface area contributed by atoms with E-state index in [1.165, 1.54) is 26.5 Å². The molecule has 2 aromatic rings. The van der Waals surface area contributed by atoms with E-state index in [1.54, 1.807) is 4.91 Å². The summed E-state index contributed by atoms with van der Waals surface area (Å²) in [6.45, 7) is 0.213. The van der Waals surface area contributed by atoms with E-state index in [0.717, 1.165) is 19.3 Å². The third-order valence-electron chi connectivity index (χ3n) is 4.59. The van der Waals surface area contributed by atoms with E-state index >= 15 is 0 Å². The summed E-state index contributed by atoms with van der Waals surface area (Å²) in [7, 11) is -1.14. The Hall–Kier alpha value is -1.04. The lowest BCUT2D eigenvalue weighted by Crippen LogP contribution is -1.97. The van der Waals surface area contributed by atoms with Crippen LogP contribution in [0, 0.1) is 0 Å². The summed E-state index contributed by atoms with van der Waals surface area (Å²) >= 11 is 2.73. The molecule has 1 heterocycles. The number of allylic oxidation sites excluding steroid dienone is 4. The minimum atomic E-state index is -1.14. The van der Waals surface area contributed by atoms with Crippen molar-refractivity contribution in [3.8, 4) is 0 Å². The monoisotopic (exact) mass is 434 g/mol. The van der Waals surface area contributed by atoms with Crippen molar-refractivity contribution in [2.75, 3.05) is 6.61 Å². The largest absolute Gasteiger partial charge is 0.396 e. The van der Waals surface area contributed by atoms with Crippen molar-refractivity contribution in [2.24, 2.45) is 0 Å². The van der Waals surface area contributed by atoms with Crippen LogP contribution in [0.4, 0.5) is 0 Å². The Labute approximate surface area is 151 Å². The molecule has 0 spiro atoms. The third-order valence-corrected chi connectivity index (χ3v) is 12.1. The quantitative estimate of drug-likeness (QED) is 0.600. The molecule has 0 amide bonds. The second-order valence-electron chi connectivity index (χ2n) is 5.93. The molecule has 2 aromatic carbocycles. The molecule has 1 nitrogen and oxygen atoms in total. The van der Waals surface area contributed by atoms with Crippen LogP contribution in [0.5, 0.6) is 0 Å². The highest BCUT2D eigenvalue weighted by Gasteiger charge is 2.39. The van der Waals surface area contributed by atoms with E-state index in [9.17, 15) is 0 Å². The minimum Gasteiger partial charge on any atom is -0.396 e. The highest BCUT2D eigenvalue weighted by atomic mass is 127. The van der Waals surface area contributed by atoms with Crippen LogP contribution in [0.1, 0.15) is 24.0 Å². The minimum absolute atomic E-state index is 0.213. The van der Waals surface area contributed by atoms with Crippen molar-refractivity contribution in [1.82, 2.24) is 0 Å². The molecule has 0 radical (unpaired) electrons. The average molecular weight is 434 g/mol. The van der Waals surface area contributed by atoms with Gasteiger partial charge in [-0.25, -0.2) is 0 Å². The van der Waals surface area contributed by atoms with Gasteiger partial charge in [-0.1, -0.05) is 42.5 Å². The zero-order chi connectivity index (χ0) is 15.9. The molecule has 1 unspecified atom stereocenters. The summed E-state index contributed by atoms with van der Waals surface area (Å²) < 4.78 is 0. The van der Waals surface area contributed by atoms with Gasteiger partial charge in [-0.3, -0.25) is 0 Å². The molecular weight excluding hydrogens is 415 g/mol. The highest BCUT2D eigenvalue weighted by molar-refractivity contribution is 14.2. The topological polar surface area (TPSA) is 20.2 Å². The fourth-order valence-corrected chi connectivity index (χ4v) is 9.83. The van der Waals surface area contributed by atoms with Gasteiger partial charge in [0.25, 0.3) is 0 Å². The first kappa shape index (κ1) is 15.5. The lowest BCUT2D eigenvalue weighted by molar-refractivity contribution is 0.299. The van der Waals surface area contributed by atoms with Crippen LogP contribution < -0.4 is 0 Å². The molecule has 0 fully saturated rings. The van der Waals surface area contributed by atoms with Crippen LogP contribution in [-0.2, 0) is 6.42 Å². The molecule has 2 aliphatic rings. The lowest BCUT2D eigenvalue weighted by atomic mass is 10.00. The first-order valence-electron chi connectivity index (χ1n) is 7.97. The van der Waals surface area contributed by atoms with Gasteiger partial charge in [0.15, 0.2) is 0 Å². The Morgan fingerprint density at radius 3 is 2.61 bits per heavy atom. The number of rotatable bonds is 3. The van der Waals surface area contributed by atoms with Gasteiger partial charge in [0.05, 0.1) is 0 Å². The molecule has 0 aromatic heterocycles. The smallest absolute Gasteiger partial charge is 0.0471 e. The second-order valence-corrected chi connectivity index (χ2v) is 12.4. The van der Waals surface area contributed by atoms with Crippen LogP contribution in [0.25, 0.3) is 5.57 Å². The molecule has 0 bridgehead atoms. The van der Waals surface area contributed by atoms with E-state index in [-0.39, 0.29) is 6.61 Å². The summed E-state index contributed by atoms with van der Waals surface area (Å²) in [6.07, 6.45) is 7.68. The molecule has 1 aliphatic heterocycles. The Bertz CT molecular complexity index is 807. The normalized spacial score (nSPS) is 25.0. The number of benzene rings is 2. The average Bonchev–Trinajstić information content (AvgIpc) is 2.87. The third kappa shape index (κ3) is 2.41. The summed E-state index contributed by atoms with van der Waals surface area (Å²) in [6, 6.07) is 17.8. The first-order chi connectivity index (χ1) is 11.2. The predicted molar refractivity (Wildman–Crippen MR) is 107 cm³/mol. The van der Waals surface area contributed by atoms with E-state index < -0.39 is 7.20 Å². The van der Waals surface area contributed by atoms with E-state index in [1.807, 2.05) is 0 Å². The van der Waals surface area contributed by atoms with Crippen molar-refractivity contribution >= 4 is 34.0 Å². The van der Waals surface area contributed by atoms with E-state index in [2.05, 4.69) is 81.9 Å². The number of hydrogen-bond donors (Lipinski definition) is 1. The van der Waals surface area contributed by atoms with Crippen LogP contribution in [0.3, 0.4) is 0 Å². The van der Waals surface area contributed by atoms with Crippen LogP contribution >= 0.6 is 28.4 Å². The maximum Gasteiger partial charge on any atom is 0.0471 e. The molecule has 3 heteroatoms. The Kier molecular flexibility index (Phi) is 4.12. The summed E-state index contributed by atoms with van der Waals surface area (Å²) in [5, 5.41) is 9.12. The van der Waals surface area contributed by atoms with E-state index in [4.69, 9.17) is 5.11 Å². The van der Waals surface area contributed by atoms with Crippen LogP contribution in [0.2, 0.25) is 0 Å². The molecular formula is C20H19IOS. The summed E-state index contributed by atoms with van der Waals surface area (Å²) in [5.41, 5.74) is 4.08. The molecule has 118 valence electrons. The van der Waals surface area contributed by atoms with Gasteiger partial charge in [-0.05, 0) is 80.3 Å².